The minimum Gasteiger partial charge on any atom is -0.486 e. The first-order valence-corrected chi connectivity index (χ1v) is 7.87. The number of likely N-dealkylation sites (N-methyl/N-ethyl adjacent to an activating group) is 1. The molecule has 0 aliphatic carbocycles. The van der Waals surface area contributed by atoms with E-state index in [9.17, 15) is 0 Å². The van der Waals surface area contributed by atoms with Crippen LogP contribution in [0.5, 0.6) is 5.75 Å². The Balaban J connectivity index is 2.78. The molecule has 2 nitrogen and oxygen atoms in total. The van der Waals surface area contributed by atoms with Crippen LogP contribution in [0.4, 0.5) is 0 Å². The number of rotatable bonds is 8. The minimum absolute atomic E-state index is 0.141. The topological polar surface area (TPSA) is 21.3 Å². The molecule has 0 spiro atoms. The highest BCUT2D eigenvalue weighted by atomic mass is 16.5. The Morgan fingerprint density at radius 1 is 0.950 bits per heavy atom. The second kappa shape index (κ2) is 7.12. The second-order valence-corrected chi connectivity index (χ2v) is 6.45. The number of nitrogens with one attached hydrogen (secondary N) is 1. The van der Waals surface area contributed by atoms with E-state index in [0.29, 0.717) is 0 Å². The molecule has 1 N–H and O–H groups in total. The summed E-state index contributed by atoms with van der Waals surface area (Å²) in [6.07, 6.45) is 2.13. The average molecular weight is 277 g/mol. The van der Waals surface area contributed by atoms with Crippen molar-refractivity contribution in [2.75, 3.05) is 13.1 Å². The van der Waals surface area contributed by atoms with Crippen LogP contribution < -0.4 is 10.1 Å². The highest BCUT2D eigenvalue weighted by molar-refractivity contribution is 5.32. The molecule has 2 heteroatoms. The third-order valence-electron chi connectivity index (χ3n) is 4.38. The summed E-state index contributed by atoms with van der Waals surface area (Å²) in [4.78, 5) is 0. The van der Waals surface area contributed by atoms with Crippen LogP contribution in [0.25, 0.3) is 0 Å². The maximum Gasteiger partial charge on any atom is 0.120 e. The fourth-order valence-corrected chi connectivity index (χ4v) is 2.09. The molecular weight excluding hydrogens is 246 g/mol. The van der Waals surface area contributed by atoms with Crippen LogP contribution in [-0.2, 0) is 5.41 Å². The molecule has 0 heterocycles. The zero-order chi connectivity index (χ0) is 15.2. The molecule has 0 saturated heterocycles. The van der Waals surface area contributed by atoms with Gasteiger partial charge in [-0.25, -0.2) is 0 Å². The summed E-state index contributed by atoms with van der Waals surface area (Å²) in [5.41, 5.74) is 1.46. The van der Waals surface area contributed by atoms with Crippen molar-refractivity contribution < 1.29 is 4.74 Å². The van der Waals surface area contributed by atoms with Gasteiger partial charge in [0, 0.05) is 6.54 Å². The summed E-state index contributed by atoms with van der Waals surface area (Å²) < 4.78 is 6.19. The van der Waals surface area contributed by atoms with E-state index < -0.39 is 0 Å². The Hall–Kier alpha value is -1.02. The first-order valence-electron chi connectivity index (χ1n) is 7.87. The van der Waals surface area contributed by atoms with E-state index in [0.717, 1.165) is 31.7 Å². The van der Waals surface area contributed by atoms with E-state index in [1.165, 1.54) is 5.56 Å². The lowest BCUT2D eigenvalue weighted by Gasteiger charge is -2.30. The average Bonchev–Trinajstić information content (AvgIpc) is 2.46. The highest BCUT2D eigenvalue weighted by Gasteiger charge is 2.24. The van der Waals surface area contributed by atoms with Crippen molar-refractivity contribution in [3.05, 3.63) is 29.8 Å². The van der Waals surface area contributed by atoms with Crippen LogP contribution in [0.2, 0.25) is 0 Å². The van der Waals surface area contributed by atoms with Gasteiger partial charge >= 0.3 is 0 Å². The predicted octanol–water partition coefficient (Wildman–Crippen LogP) is 4.53. The van der Waals surface area contributed by atoms with Crippen molar-refractivity contribution in [1.29, 1.82) is 0 Å². The third kappa shape index (κ3) is 4.52. The molecule has 20 heavy (non-hydrogen) atoms. The van der Waals surface area contributed by atoms with E-state index in [1.807, 2.05) is 0 Å². The first kappa shape index (κ1) is 17.0. The molecule has 114 valence electrons. The standard InChI is InChI=1S/C18H31NO/c1-7-17(4,5)15-10-12-16(13-11-15)20-18(6,8-2)14-19-9-3/h10-13,19H,7-9,14H2,1-6H3. The van der Waals surface area contributed by atoms with Gasteiger partial charge in [-0.1, -0.05) is 46.8 Å². The van der Waals surface area contributed by atoms with E-state index in [-0.39, 0.29) is 11.0 Å². The van der Waals surface area contributed by atoms with Crippen LogP contribution >= 0.6 is 0 Å². The molecule has 1 unspecified atom stereocenters. The molecule has 1 atom stereocenters. The van der Waals surface area contributed by atoms with Gasteiger partial charge in [0.25, 0.3) is 0 Å². The number of benzene rings is 1. The fourth-order valence-electron chi connectivity index (χ4n) is 2.09. The van der Waals surface area contributed by atoms with Crippen molar-refractivity contribution in [3.8, 4) is 5.75 Å². The van der Waals surface area contributed by atoms with Crippen molar-refractivity contribution >= 4 is 0 Å². The Morgan fingerprint density at radius 3 is 2.00 bits per heavy atom. The van der Waals surface area contributed by atoms with Crippen molar-refractivity contribution in [1.82, 2.24) is 5.32 Å². The fraction of sp³-hybridized carbons (Fsp3) is 0.667. The lowest BCUT2D eigenvalue weighted by molar-refractivity contribution is 0.0841. The van der Waals surface area contributed by atoms with Crippen LogP contribution in [0, 0.1) is 0 Å². The molecule has 0 amide bonds. The largest absolute Gasteiger partial charge is 0.486 e. The predicted molar refractivity (Wildman–Crippen MR) is 87.6 cm³/mol. The number of hydrogen-bond acceptors (Lipinski definition) is 2. The molecule has 1 rings (SSSR count). The van der Waals surface area contributed by atoms with E-state index in [2.05, 4.69) is 71.1 Å². The first-order chi connectivity index (χ1) is 9.37. The van der Waals surface area contributed by atoms with Crippen LogP contribution in [0.3, 0.4) is 0 Å². The zero-order valence-corrected chi connectivity index (χ0v) is 14.0. The van der Waals surface area contributed by atoms with Gasteiger partial charge in [-0.3, -0.25) is 0 Å². The molecule has 0 bridgehead atoms. The molecule has 0 fully saturated rings. The van der Waals surface area contributed by atoms with E-state index in [4.69, 9.17) is 4.74 Å². The lowest BCUT2D eigenvalue weighted by Crippen LogP contribution is -2.42. The normalized spacial score (nSPS) is 14.9. The monoisotopic (exact) mass is 277 g/mol. The summed E-state index contributed by atoms with van der Waals surface area (Å²) in [6, 6.07) is 8.60. The Bertz CT molecular complexity index is 396. The van der Waals surface area contributed by atoms with Gasteiger partial charge < -0.3 is 10.1 Å². The maximum absolute atomic E-state index is 6.19. The molecule has 0 saturated carbocycles. The summed E-state index contributed by atoms with van der Waals surface area (Å²) in [7, 11) is 0. The van der Waals surface area contributed by atoms with Gasteiger partial charge in [-0.15, -0.1) is 0 Å². The molecular formula is C18H31NO. The summed E-state index contributed by atoms with van der Waals surface area (Å²) >= 11 is 0. The van der Waals surface area contributed by atoms with Gasteiger partial charge in [0.1, 0.15) is 11.4 Å². The number of hydrogen-bond donors (Lipinski definition) is 1. The van der Waals surface area contributed by atoms with Crippen LogP contribution in [0.15, 0.2) is 24.3 Å². The zero-order valence-electron chi connectivity index (χ0n) is 14.0. The summed E-state index contributed by atoms with van der Waals surface area (Å²) in [6.45, 7) is 15.1. The van der Waals surface area contributed by atoms with Crippen LogP contribution in [0.1, 0.15) is 59.9 Å². The minimum atomic E-state index is -0.141. The highest BCUT2D eigenvalue weighted by Crippen LogP contribution is 2.29. The van der Waals surface area contributed by atoms with Gasteiger partial charge in [0.05, 0.1) is 0 Å². The second-order valence-electron chi connectivity index (χ2n) is 6.45. The SMILES string of the molecule is CCNCC(C)(CC)Oc1ccc(C(C)(C)CC)cc1. The van der Waals surface area contributed by atoms with Crippen molar-refractivity contribution in [2.45, 2.75) is 65.4 Å². The van der Waals surface area contributed by atoms with Crippen molar-refractivity contribution in [2.24, 2.45) is 0 Å². The summed E-state index contributed by atoms with van der Waals surface area (Å²) in [5.74, 6) is 0.961. The van der Waals surface area contributed by atoms with Gasteiger partial charge in [0.15, 0.2) is 0 Å². The molecule has 0 aliphatic heterocycles. The molecule has 1 aromatic carbocycles. The van der Waals surface area contributed by atoms with Gasteiger partial charge in [-0.2, -0.15) is 0 Å². The maximum atomic E-state index is 6.19. The van der Waals surface area contributed by atoms with Gasteiger partial charge in [-0.05, 0) is 49.4 Å². The van der Waals surface area contributed by atoms with E-state index in [1.54, 1.807) is 0 Å². The molecule has 0 radical (unpaired) electrons. The smallest absolute Gasteiger partial charge is 0.120 e. The Kier molecular flexibility index (Phi) is 6.07. The molecule has 1 aromatic rings. The molecule has 0 aromatic heterocycles. The Labute approximate surface area is 124 Å². The van der Waals surface area contributed by atoms with Gasteiger partial charge in [0.2, 0.25) is 0 Å². The van der Waals surface area contributed by atoms with Crippen molar-refractivity contribution in [3.63, 3.8) is 0 Å². The quantitative estimate of drug-likeness (QED) is 0.753. The third-order valence-corrected chi connectivity index (χ3v) is 4.38. The lowest BCUT2D eigenvalue weighted by atomic mass is 9.82. The Morgan fingerprint density at radius 2 is 1.55 bits per heavy atom. The molecule has 0 aliphatic rings. The van der Waals surface area contributed by atoms with Crippen LogP contribution in [-0.4, -0.2) is 18.7 Å². The summed E-state index contributed by atoms with van der Waals surface area (Å²) in [5, 5.41) is 3.38. The number of ether oxygens (including phenoxy) is 1. The van der Waals surface area contributed by atoms with E-state index >= 15 is 0 Å².